The van der Waals surface area contributed by atoms with Crippen LogP contribution in [0.5, 0.6) is 0 Å². The summed E-state index contributed by atoms with van der Waals surface area (Å²) in [6.45, 7) is 0. The summed E-state index contributed by atoms with van der Waals surface area (Å²) >= 11 is 0. The third-order valence-corrected chi connectivity index (χ3v) is 2.93. The van der Waals surface area contributed by atoms with Crippen LogP contribution in [-0.2, 0) is 9.59 Å². The maximum absolute atomic E-state index is 9.10. The van der Waals surface area contributed by atoms with Crippen molar-refractivity contribution in [1.29, 1.82) is 0 Å². The molecule has 0 radical (unpaired) electrons. The van der Waals surface area contributed by atoms with E-state index in [9.17, 15) is 0 Å². The number of benzene rings is 2. The van der Waals surface area contributed by atoms with Gasteiger partial charge in [0.15, 0.2) is 0 Å². The van der Waals surface area contributed by atoms with Crippen molar-refractivity contribution in [3.8, 4) is 0 Å². The standard InChI is InChI=1S/2C8H6N2.C2H2O4/c2*1-2-4-8-7(3-1)9-5-6-10-8;3-1(4)2(5)6/h2*1-6H;(H,3,4)(H,5,6). The fraction of sp³-hybridized carbons (Fsp3) is 0. The fourth-order valence-corrected chi connectivity index (χ4v) is 1.82. The molecule has 2 heterocycles. The molecular weight excluding hydrogens is 336 g/mol. The summed E-state index contributed by atoms with van der Waals surface area (Å²) < 4.78 is 0. The first kappa shape index (κ1) is 18.4. The molecule has 0 saturated heterocycles. The Morgan fingerprint density at radius 3 is 0.962 bits per heavy atom. The minimum absolute atomic E-state index is 0.949. The van der Waals surface area contributed by atoms with E-state index >= 15 is 0 Å². The molecular formula is C18H14N4O4. The number of carboxylic acids is 2. The molecule has 2 aromatic carbocycles. The largest absolute Gasteiger partial charge is 0.473 e. The summed E-state index contributed by atoms with van der Waals surface area (Å²) in [7, 11) is 0. The number of hydrogen-bond acceptors (Lipinski definition) is 6. The van der Waals surface area contributed by atoms with Crippen LogP contribution in [0.3, 0.4) is 0 Å². The predicted molar refractivity (Wildman–Crippen MR) is 94.3 cm³/mol. The van der Waals surface area contributed by atoms with Crippen molar-refractivity contribution in [2.45, 2.75) is 0 Å². The summed E-state index contributed by atoms with van der Waals surface area (Å²) in [6.07, 6.45) is 6.79. The molecule has 8 nitrogen and oxygen atoms in total. The first-order chi connectivity index (χ1) is 12.6. The van der Waals surface area contributed by atoms with E-state index in [0.717, 1.165) is 22.1 Å². The average molecular weight is 350 g/mol. The van der Waals surface area contributed by atoms with Crippen LogP contribution < -0.4 is 0 Å². The lowest BCUT2D eigenvalue weighted by atomic mass is 10.3. The molecule has 0 aliphatic carbocycles. The van der Waals surface area contributed by atoms with Crippen molar-refractivity contribution in [3.05, 3.63) is 73.3 Å². The van der Waals surface area contributed by atoms with E-state index in [1.165, 1.54) is 0 Å². The molecule has 2 N–H and O–H groups in total. The Morgan fingerprint density at radius 1 is 0.538 bits per heavy atom. The summed E-state index contributed by atoms with van der Waals surface area (Å²) in [5.74, 6) is -3.65. The van der Waals surface area contributed by atoms with Gasteiger partial charge in [-0.2, -0.15) is 0 Å². The number of aliphatic carboxylic acids is 2. The average Bonchev–Trinajstić information content (AvgIpc) is 2.69. The van der Waals surface area contributed by atoms with Gasteiger partial charge in [-0.3, -0.25) is 19.9 Å². The number of para-hydroxylation sites is 4. The maximum atomic E-state index is 9.10. The molecule has 0 saturated carbocycles. The van der Waals surface area contributed by atoms with E-state index in [2.05, 4.69) is 19.9 Å². The Labute approximate surface area is 147 Å². The van der Waals surface area contributed by atoms with Crippen molar-refractivity contribution >= 4 is 34.0 Å². The Bertz CT molecular complexity index is 810. The molecule has 4 rings (SSSR count). The molecule has 2 aromatic heterocycles. The molecule has 0 fully saturated rings. The Hall–Kier alpha value is -3.94. The third-order valence-electron chi connectivity index (χ3n) is 2.93. The smallest absolute Gasteiger partial charge is 0.414 e. The predicted octanol–water partition coefficient (Wildman–Crippen LogP) is 2.42. The molecule has 0 spiro atoms. The van der Waals surface area contributed by atoms with Gasteiger partial charge < -0.3 is 10.2 Å². The second-order valence-electron chi connectivity index (χ2n) is 4.70. The van der Waals surface area contributed by atoms with Crippen molar-refractivity contribution in [1.82, 2.24) is 19.9 Å². The van der Waals surface area contributed by atoms with Crippen LogP contribution in [0.25, 0.3) is 22.1 Å². The van der Waals surface area contributed by atoms with Gasteiger partial charge in [0, 0.05) is 24.8 Å². The van der Waals surface area contributed by atoms with Crippen molar-refractivity contribution in [2.24, 2.45) is 0 Å². The summed E-state index contributed by atoms with van der Waals surface area (Å²) in [4.78, 5) is 34.7. The van der Waals surface area contributed by atoms with Gasteiger partial charge in [0.1, 0.15) is 0 Å². The molecule has 0 amide bonds. The van der Waals surface area contributed by atoms with Gasteiger partial charge in [0.25, 0.3) is 0 Å². The van der Waals surface area contributed by atoms with Crippen LogP contribution >= 0.6 is 0 Å². The second-order valence-corrected chi connectivity index (χ2v) is 4.70. The third kappa shape index (κ3) is 5.60. The summed E-state index contributed by atoms with van der Waals surface area (Å²) in [6, 6.07) is 15.6. The molecule has 0 aliphatic rings. The van der Waals surface area contributed by atoms with E-state index < -0.39 is 11.9 Å². The molecule has 0 aliphatic heterocycles. The summed E-state index contributed by atoms with van der Waals surface area (Å²) in [5.41, 5.74) is 3.80. The zero-order chi connectivity index (χ0) is 18.8. The highest BCUT2D eigenvalue weighted by atomic mass is 16.4. The maximum Gasteiger partial charge on any atom is 0.414 e. The minimum atomic E-state index is -1.82. The molecule has 8 heteroatoms. The SMILES string of the molecule is O=C(O)C(=O)O.c1ccc2nccnc2c1.c1ccc2nccnc2c1. The van der Waals surface area contributed by atoms with Gasteiger partial charge in [0.2, 0.25) is 0 Å². The lowest BCUT2D eigenvalue weighted by molar-refractivity contribution is -0.159. The zero-order valence-corrected chi connectivity index (χ0v) is 13.4. The van der Waals surface area contributed by atoms with Gasteiger partial charge in [-0.05, 0) is 24.3 Å². The van der Waals surface area contributed by atoms with Crippen molar-refractivity contribution in [3.63, 3.8) is 0 Å². The number of carboxylic acid groups (broad SMARTS) is 2. The zero-order valence-electron chi connectivity index (χ0n) is 13.4. The lowest BCUT2D eigenvalue weighted by Gasteiger charge is -1.90. The summed E-state index contributed by atoms with van der Waals surface area (Å²) in [5, 5.41) is 14.8. The molecule has 0 bridgehead atoms. The van der Waals surface area contributed by atoms with Crippen molar-refractivity contribution < 1.29 is 19.8 Å². The number of hydrogen-bond donors (Lipinski definition) is 2. The van der Waals surface area contributed by atoms with Crippen LogP contribution in [0.4, 0.5) is 0 Å². The number of fused-ring (bicyclic) bond motifs is 2. The molecule has 0 unspecified atom stereocenters. The Balaban J connectivity index is 0.000000146. The first-order valence-electron chi connectivity index (χ1n) is 7.35. The van der Waals surface area contributed by atoms with Gasteiger partial charge in [0.05, 0.1) is 22.1 Å². The highest BCUT2D eigenvalue weighted by molar-refractivity contribution is 6.27. The topological polar surface area (TPSA) is 126 Å². The molecule has 130 valence electrons. The van der Waals surface area contributed by atoms with Gasteiger partial charge in [-0.25, -0.2) is 9.59 Å². The molecule has 0 atom stereocenters. The van der Waals surface area contributed by atoms with Crippen LogP contribution in [0.2, 0.25) is 0 Å². The van der Waals surface area contributed by atoms with E-state index in [-0.39, 0.29) is 0 Å². The van der Waals surface area contributed by atoms with E-state index in [4.69, 9.17) is 19.8 Å². The van der Waals surface area contributed by atoms with Crippen LogP contribution in [0, 0.1) is 0 Å². The van der Waals surface area contributed by atoms with E-state index in [1.54, 1.807) is 24.8 Å². The normalized spacial score (nSPS) is 9.38. The first-order valence-corrected chi connectivity index (χ1v) is 7.35. The lowest BCUT2D eigenvalue weighted by Crippen LogP contribution is -2.09. The quantitative estimate of drug-likeness (QED) is 0.463. The van der Waals surface area contributed by atoms with Gasteiger partial charge in [-0.1, -0.05) is 24.3 Å². The monoisotopic (exact) mass is 350 g/mol. The molecule has 26 heavy (non-hydrogen) atoms. The minimum Gasteiger partial charge on any atom is -0.473 e. The van der Waals surface area contributed by atoms with E-state index in [0.29, 0.717) is 0 Å². The van der Waals surface area contributed by atoms with Crippen molar-refractivity contribution in [2.75, 3.05) is 0 Å². The Morgan fingerprint density at radius 2 is 0.769 bits per heavy atom. The number of rotatable bonds is 0. The van der Waals surface area contributed by atoms with Crippen LogP contribution in [0.15, 0.2) is 73.3 Å². The number of nitrogens with zero attached hydrogens (tertiary/aromatic N) is 4. The van der Waals surface area contributed by atoms with Crippen LogP contribution in [-0.4, -0.2) is 42.1 Å². The number of aromatic nitrogens is 4. The fourth-order valence-electron chi connectivity index (χ4n) is 1.82. The highest BCUT2D eigenvalue weighted by Gasteiger charge is 2.04. The van der Waals surface area contributed by atoms with Gasteiger partial charge in [-0.15, -0.1) is 0 Å². The molecule has 4 aromatic rings. The highest BCUT2D eigenvalue weighted by Crippen LogP contribution is 2.05. The second kappa shape index (κ2) is 9.38. The number of carbonyl (C=O) groups is 2. The van der Waals surface area contributed by atoms with Gasteiger partial charge >= 0.3 is 11.9 Å². The van der Waals surface area contributed by atoms with E-state index in [1.807, 2.05) is 48.5 Å². The Kier molecular flexibility index (Phi) is 6.64. The van der Waals surface area contributed by atoms with Crippen LogP contribution in [0.1, 0.15) is 0 Å².